The topological polar surface area (TPSA) is 72.4 Å². The highest BCUT2D eigenvalue weighted by Gasteiger charge is 2.24. The van der Waals surface area contributed by atoms with Crippen LogP contribution in [0.25, 0.3) is 17.5 Å². The Morgan fingerprint density at radius 1 is 1.29 bits per heavy atom. The second-order valence-corrected chi connectivity index (χ2v) is 7.17. The number of benzene rings is 1. The quantitative estimate of drug-likeness (QED) is 0.625. The molecule has 6 nitrogen and oxygen atoms in total. The highest BCUT2D eigenvalue weighted by atomic mass is 16.5. The van der Waals surface area contributed by atoms with Gasteiger partial charge in [0, 0.05) is 31.1 Å². The van der Waals surface area contributed by atoms with Crippen LogP contribution in [0.1, 0.15) is 30.1 Å². The summed E-state index contributed by atoms with van der Waals surface area (Å²) in [6.07, 6.45) is 7.58. The molecule has 4 rings (SSSR count). The van der Waals surface area contributed by atoms with Crippen LogP contribution in [-0.2, 0) is 11.2 Å². The smallest absolute Gasteiger partial charge is 0.246 e. The highest BCUT2D eigenvalue weighted by molar-refractivity contribution is 5.91. The number of piperidine rings is 1. The molecule has 0 unspecified atom stereocenters. The Hall–Kier alpha value is -3.15. The van der Waals surface area contributed by atoms with E-state index in [1.165, 1.54) is 0 Å². The van der Waals surface area contributed by atoms with E-state index in [9.17, 15) is 4.79 Å². The number of hydrogen-bond acceptors (Lipinski definition) is 5. The standard InChI is InChI=1S/C22H23N3O3/c1-16-6-2-3-9-19(16)22-23-20(28-24-22)14-17-7-4-12-25(15-17)21(26)11-10-18-8-5-13-27-18/h2-3,5-6,8-11,13,17H,4,7,12,14-15H2,1H3/b11-10+/t17-/m1/s1. The van der Waals surface area contributed by atoms with Gasteiger partial charge in [0.1, 0.15) is 5.76 Å². The molecule has 2 aromatic heterocycles. The van der Waals surface area contributed by atoms with Crippen molar-refractivity contribution in [1.82, 2.24) is 15.0 Å². The number of aromatic nitrogens is 2. The molecule has 1 amide bonds. The first-order chi connectivity index (χ1) is 13.7. The number of furan rings is 1. The third-order valence-corrected chi connectivity index (χ3v) is 5.08. The van der Waals surface area contributed by atoms with Crippen molar-refractivity contribution in [3.8, 4) is 11.4 Å². The normalized spacial score (nSPS) is 17.3. The minimum Gasteiger partial charge on any atom is -0.465 e. The summed E-state index contributed by atoms with van der Waals surface area (Å²) in [6.45, 7) is 3.51. The van der Waals surface area contributed by atoms with E-state index in [1.807, 2.05) is 42.2 Å². The van der Waals surface area contributed by atoms with Crippen LogP contribution in [0.3, 0.4) is 0 Å². The van der Waals surface area contributed by atoms with Gasteiger partial charge in [-0.25, -0.2) is 0 Å². The van der Waals surface area contributed by atoms with Gasteiger partial charge in [0.25, 0.3) is 0 Å². The third-order valence-electron chi connectivity index (χ3n) is 5.08. The zero-order valence-electron chi connectivity index (χ0n) is 15.9. The third kappa shape index (κ3) is 4.22. The maximum absolute atomic E-state index is 12.5. The van der Waals surface area contributed by atoms with Crippen LogP contribution in [-0.4, -0.2) is 34.0 Å². The molecule has 1 fully saturated rings. The number of aryl methyl sites for hydroxylation is 1. The van der Waals surface area contributed by atoms with Gasteiger partial charge in [0.05, 0.1) is 6.26 Å². The molecule has 1 atom stereocenters. The Kier molecular flexibility index (Phi) is 5.37. The van der Waals surface area contributed by atoms with Crippen molar-refractivity contribution in [2.75, 3.05) is 13.1 Å². The van der Waals surface area contributed by atoms with Crippen LogP contribution in [0.5, 0.6) is 0 Å². The van der Waals surface area contributed by atoms with Gasteiger partial charge in [-0.2, -0.15) is 4.98 Å². The van der Waals surface area contributed by atoms with Crippen molar-refractivity contribution in [1.29, 1.82) is 0 Å². The first-order valence-corrected chi connectivity index (χ1v) is 9.58. The molecule has 0 bridgehead atoms. The molecule has 0 aliphatic carbocycles. The van der Waals surface area contributed by atoms with E-state index < -0.39 is 0 Å². The monoisotopic (exact) mass is 377 g/mol. The summed E-state index contributed by atoms with van der Waals surface area (Å²) < 4.78 is 10.7. The van der Waals surface area contributed by atoms with Gasteiger partial charge in [0.15, 0.2) is 0 Å². The maximum atomic E-state index is 12.5. The number of carbonyl (C=O) groups is 1. The average Bonchev–Trinajstić information content (AvgIpc) is 3.39. The van der Waals surface area contributed by atoms with Crippen LogP contribution in [0.2, 0.25) is 0 Å². The first-order valence-electron chi connectivity index (χ1n) is 9.58. The van der Waals surface area contributed by atoms with Crippen molar-refractivity contribution in [3.05, 3.63) is 66.0 Å². The lowest BCUT2D eigenvalue weighted by Gasteiger charge is -2.31. The summed E-state index contributed by atoms with van der Waals surface area (Å²) in [6, 6.07) is 11.6. The summed E-state index contributed by atoms with van der Waals surface area (Å²) in [5, 5.41) is 4.14. The molecule has 28 heavy (non-hydrogen) atoms. The molecule has 0 saturated carbocycles. The van der Waals surface area contributed by atoms with Crippen LogP contribution in [0, 0.1) is 12.8 Å². The summed E-state index contributed by atoms with van der Waals surface area (Å²) in [5.74, 6) is 2.26. The molecule has 0 spiro atoms. The van der Waals surface area contributed by atoms with E-state index in [0.717, 1.165) is 30.5 Å². The van der Waals surface area contributed by atoms with Gasteiger partial charge in [-0.1, -0.05) is 29.4 Å². The molecule has 1 aliphatic heterocycles. The zero-order valence-corrected chi connectivity index (χ0v) is 15.9. The maximum Gasteiger partial charge on any atom is 0.246 e. The number of likely N-dealkylation sites (tertiary alicyclic amines) is 1. The predicted molar refractivity (Wildman–Crippen MR) is 105 cm³/mol. The Morgan fingerprint density at radius 2 is 2.18 bits per heavy atom. The number of rotatable bonds is 5. The lowest BCUT2D eigenvalue weighted by Crippen LogP contribution is -2.39. The SMILES string of the molecule is Cc1ccccc1-c1noc(C[C@H]2CCCN(C(=O)/C=C/c3ccco3)C2)n1. The largest absolute Gasteiger partial charge is 0.465 e. The van der Waals surface area contributed by atoms with Crippen molar-refractivity contribution >= 4 is 12.0 Å². The molecular formula is C22H23N3O3. The van der Waals surface area contributed by atoms with Crippen LogP contribution >= 0.6 is 0 Å². The number of amides is 1. The van der Waals surface area contributed by atoms with Crippen molar-refractivity contribution in [2.24, 2.45) is 5.92 Å². The second kappa shape index (κ2) is 8.25. The van der Waals surface area contributed by atoms with Crippen LogP contribution < -0.4 is 0 Å². The van der Waals surface area contributed by atoms with Crippen molar-refractivity contribution < 1.29 is 13.7 Å². The van der Waals surface area contributed by atoms with Gasteiger partial charge < -0.3 is 13.8 Å². The molecular weight excluding hydrogens is 354 g/mol. The van der Waals surface area contributed by atoms with Gasteiger partial charge in [-0.3, -0.25) is 4.79 Å². The number of carbonyl (C=O) groups excluding carboxylic acids is 1. The van der Waals surface area contributed by atoms with E-state index in [2.05, 4.69) is 10.1 Å². The Balaban J connectivity index is 1.38. The zero-order chi connectivity index (χ0) is 19.3. The summed E-state index contributed by atoms with van der Waals surface area (Å²) in [4.78, 5) is 18.9. The minimum absolute atomic E-state index is 0.00669. The molecule has 3 aromatic rings. The van der Waals surface area contributed by atoms with Crippen molar-refractivity contribution in [3.63, 3.8) is 0 Å². The van der Waals surface area contributed by atoms with E-state index in [4.69, 9.17) is 8.94 Å². The molecule has 144 valence electrons. The number of nitrogens with zero attached hydrogens (tertiary/aromatic N) is 3. The molecule has 1 aromatic carbocycles. The summed E-state index contributed by atoms with van der Waals surface area (Å²) >= 11 is 0. The molecule has 3 heterocycles. The summed E-state index contributed by atoms with van der Waals surface area (Å²) in [5.41, 5.74) is 2.11. The lowest BCUT2D eigenvalue weighted by atomic mass is 9.94. The van der Waals surface area contributed by atoms with Gasteiger partial charge in [0.2, 0.25) is 17.6 Å². The van der Waals surface area contributed by atoms with E-state index in [-0.39, 0.29) is 5.91 Å². The van der Waals surface area contributed by atoms with Crippen LogP contribution in [0.4, 0.5) is 0 Å². The highest BCUT2D eigenvalue weighted by Crippen LogP contribution is 2.24. The van der Waals surface area contributed by atoms with Gasteiger partial charge in [-0.15, -0.1) is 0 Å². The Morgan fingerprint density at radius 3 is 3.00 bits per heavy atom. The fraction of sp³-hybridized carbons (Fsp3) is 0.318. The first kappa shape index (κ1) is 18.2. The average molecular weight is 377 g/mol. The molecule has 1 saturated heterocycles. The molecule has 6 heteroatoms. The van der Waals surface area contributed by atoms with E-state index in [0.29, 0.717) is 36.4 Å². The molecule has 1 aliphatic rings. The van der Waals surface area contributed by atoms with Crippen LogP contribution in [0.15, 0.2) is 57.7 Å². The number of hydrogen-bond donors (Lipinski definition) is 0. The van der Waals surface area contributed by atoms with Gasteiger partial charge in [-0.05, 0) is 49.5 Å². The van der Waals surface area contributed by atoms with E-state index in [1.54, 1.807) is 24.5 Å². The summed E-state index contributed by atoms with van der Waals surface area (Å²) in [7, 11) is 0. The molecule has 0 radical (unpaired) electrons. The Bertz CT molecular complexity index is 959. The second-order valence-electron chi connectivity index (χ2n) is 7.17. The molecule has 0 N–H and O–H groups in total. The predicted octanol–water partition coefficient (Wildman–Crippen LogP) is 4.13. The van der Waals surface area contributed by atoms with E-state index >= 15 is 0 Å². The minimum atomic E-state index is 0.00669. The fourth-order valence-corrected chi connectivity index (χ4v) is 3.59. The Labute approximate surface area is 163 Å². The lowest BCUT2D eigenvalue weighted by molar-refractivity contribution is -0.127. The van der Waals surface area contributed by atoms with Crippen molar-refractivity contribution in [2.45, 2.75) is 26.2 Å². The van der Waals surface area contributed by atoms with Gasteiger partial charge >= 0.3 is 0 Å². The fourth-order valence-electron chi connectivity index (χ4n) is 3.59.